The zero-order valence-corrected chi connectivity index (χ0v) is 9.87. The maximum Gasteiger partial charge on any atom is 0.219 e. The van der Waals surface area contributed by atoms with Crippen LogP contribution in [0.2, 0.25) is 0 Å². The average molecular weight is 209 g/mol. The summed E-state index contributed by atoms with van der Waals surface area (Å²) in [6.07, 6.45) is 10.8. The standard InChI is InChI=1S/C13H23NO/c1-11(15)14-9-5-8-13(14)10-12-6-3-2-4-7-12/h12-13H,2-10H2,1H3. The normalized spacial score (nSPS) is 28.3. The number of hydrogen-bond acceptors (Lipinski definition) is 1. The molecule has 0 radical (unpaired) electrons. The number of carbonyl (C=O) groups excluding carboxylic acids is 1. The molecule has 1 aliphatic carbocycles. The van der Waals surface area contributed by atoms with Gasteiger partial charge in [-0.15, -0.1) is 0 Å². The Morgan fingerprint density at radius 1 is 1.13 bits per heavy atom. The molecule has 2 heteroatoms. The summed E-state index contributed by atoms with van der Waals surface area (Å²) in [6, 6.07) is 0.575. The molecule has 2 nitrogen and oxygen atoms in total. The molecule has 1 amide bonds. The number of hydrogen-bond donors (Lipinski definition) is 0. The lowest BCUT2D eigenvalue weighted by molar-refractivity contribution is -0.129. The number of rotatable bonds is 2. The minimum Gasteiger partial charge on any atom is -0.340 e. The van der Waals surface area contributed by atoms with Crippen LogP contribution in [-0.2, 0) is 4.79 Å². The van der Waals surface area contributed by atoms with E-state index in [9.17, 15) is 4.79 Å². The lowest BCUT2D eigenvalue weighted by Crippen LogP contribution is -2.35. The summed E-state index contributed by atoms with van der Waals surface area (Å²) in [5.41, 5.74) is 0. The summed E-state index contributed by atoms with van der Waals surface area (Å²) in [4.78, 5) is 13.5. The quantitative estimate of drug-likeness (QED) is 0.684. The van der Waals surface area contributed by atoms with Crippen molar-refractivity contribution >= 4 is 5.91 Å². The first-order valence-electron chi connectivity index (χ1n) is 6.54. The van der Waals surface area contributed by atoms with Crippen molar-refractivity contribution in [1.82, 2.24) is 4.90 Å². The average Bonchev–Trinajstić information content (AvgIpc) is 2.67. The first-order chi connectivity index (χ1) is 7.27. The van der Waals surface area contributed by atoms with Crippen molar-refractivity contribution in [2.24, 2.45) is 5.92 Å². The highest BCUT2D eigenvalue weighted by molar-refractivity contribution is 5.73. The van der Waals surface area contributed by atoms with Crippen molar-refractivity contribution in [3.05, 3.63) is 0 Å². The van der Waals surface area contributed by atoms with Gasteiger partial charge in [0, 0.05) is 19.5 Å². The van der Waals surface area contributed by atoms with Crippen LogP contribution >= 0.6 is 0 Å². The summed E-state index contributed by atoms with van der Waals surface area (Å²) < 4.78 is 0. The topological polar surface area (TPSA) is 20.3 Å². The minimum atomic E-state index is 0.285. The van der Waals surface area contributed by atoms with Gasteiger partial charge in [-0.3, -0.25) is 4.79 Å². The second-order valence-corrected chi connectivity index (χ2v) is 5.25. The Morgan fingerprint density at radius 3 is 2.53 bits per heavy atom. The van der Waals surface area contributed by atoms with Crippen LogP contribution < -0.4 is 0 Å². The Labute approximate surface area is 93.0 Å². The fraction of sp³-hybridized carbons (Fsp3) is 0.923. The second kappa shape index (κ2) is 5.00. The fourth-order valence-corrected chi connectivity index (χ4v) is 3.30. The molecule has 1 unspecified atom stereocenters. The van der Waals surface area contributed by atoms with Crippen LogP contribution in [0, 0.1) is 5.92 Å². The number of likely N-dealkylation sites (tertiary alicyclic amines) is 1. The summed E-state index contributed by atoms with van der Waals surface area (Å²) in [6.45, 7) is 2.73. The predicted molar refractivity (Wildman–Crippen MR) is 61.6 cm³/mol. The fourth-order valence-electron chi connectivity index (χ4n) is 3.30. The second-order valence-electron chi connectivity index (χ2n) is 5.25. The van der Waals surface area contributed by atoms with Crippen LogP contribution in [0.15, 0.2) is 0 Å². The largest absolute Gasteiger partial charge is 0.340 e. The molecule has 2 rings (SSSR count). The van der Waals surface area contributed by atoms with Crippen LogP contribution in [0.4, 0.5) is 0 Å². The Bertz CT molecular complexity index is 221. The molecule has 2 fully saturated rings. The van der Waals surface area contributed by atoms with E-state index >= 15 is 0 Å². The maximum atomic E-state index is 11.4. The zero-order valence-electron chi connectivity index (χ0n) is 9.87. The van der Waals surface area contributed by atoms with E-state index < -0.39 is 0 Å². The zero-order chi connectivity index (χ0) is 10.7. The van der Waals surface area contributed by atoms with E-state index in [1.807, 2.05) is 0 Å². The first kappa shape index (κ1) is 11.0. The van der Waals surface area contributed by atoms with Gasteiger partial charge in [0.1, 0.15) is 0 Å². The molecular weight excluding hydrogens is 186 g/mol. The van der Waals surface area contributed by atoms with E-state index in [2.05, 4.69) is 4.90 Å². The minimum absolute atomic E-state index is 0.285. The molecule has 0 aromatic carbocycles. The molecule has 15 heavy (non-hydrogen) atoms. The molecule has 1 saturated heterocycles. The van der Waals surface area contributed by atoms with Crippen molar-refractivity contribution in [2.45, 2.75) is 64.3 Å². The van der Waals surface area contributed by atoms with Crippen LogP contribution in [0.1, 0.15) is 58.3 Å². The highest BCUT2D eigenvalue weighted by atomic mass is 16.2. The molecule has 2 aliphatic rings. The molecule has 86 valence electrons. The molecule has 0 spiro atoms. The van der Waals surface area contributed by atoms with Gasteiger partial charge in [0.05, 0.1) is 0 Å². The molecule has 0 bridgehead atoms. The summed E-state index contributed by atoms with van der Waals surface area (Å²) in [5, 5.41) is 0. The van der Waals surface area contributed by atoms with Gasteiger partial charge < -0.3 is 4.90 Å². The summed E-state index contributed by atoms with van der Waals surface area (Å²) >= 11 is 0. The predicted octanol–water partition coefficient (Wildman–Crippen LogP) is 2.97. The van der Waals surface area contributed by atoms with Gasteiger partial charge in [-0.05, 0) is 25.2 Å². The van der Waals surface area contributed by atoms with Gasteiger partial charge in [-0.1, -0.05) is 32.1 Å². The Balaban J connectivity index is 1.84. The lowest BCUT2D eigenvalue weighted by Gasteiger charge is -2.29. The van der Waals surface area contributed by atoms with Crippen molar-refractivity contribution in [3.63, 3.8) is 0 Å². The van der Waals surface area contributed by atoms with Gasteiger partial charge in [0.15, 0.2) is 0 Å². The SMILES string of the molecule is CC(=O)N1CCCC1CC1CCCCC1. The molecule has 0 N–H and O–H groups in total. The van der Waals surface area contributed by atoms with E-state index in [-0.39, 0.29) is 5.91 Å². The van der Waals surface area contributed by atoms with Crippen molar-refractivity contribution in [3.8, 4) is 0 Å². The Morgan fingerprint density at radius 2 is 1.87 bits per heavy atom. The molecule has 1 atom stereocenters. The van der Waals surface area contributed by atoms with Crippen LogP contribution in [0.5, 0.6) is 0 Å². The number of amides is 1. The summed E-state index contributed by atoms with van der Waals surface area (Å²) in [7, 11) is 0. The summed E-state index contributed by atoms with van der Waals surface area (Å²) in [5.74, 6) is 1.19. The molecule has 1 heterocycles. The van der Waals surface area contributed by atoms with Crippen LogP contribution in [0.25, 0.3) is 0 Å². The van der Waals surface area contributed by atoms with E-state index in [1.54, 1.807) is 6.92 Å². The number of nitrogens with zero attached hydrogens (tertiary/aromatic N) is 1. The molecule has 1 aliphatic heterocycles. The van der Waals surface area contributed by atoms with Gasteiger partial charge in [0.25, 0.3) is 0 Å². The van der Waals surface area contributed by atoms with Gasteiger partial charge in [-0.25, -0.2) is 0 Å². The number of carbonyl (C=O) groups is 1. The Kier molecular flexibility index (Phi) is 3.66. The van der Waals surface area contributed by atoms with Crippen LogP contribution in [0.3, 0.4) is 0 Å². The first-order valence-corrected chi connectivity index (χ1v) is 6.54. The lowest BCUT2D eigenvalue weighted by atomic mass is 9.84. The monoisotopic (exact) mass is 209 g/mol. The third-order valence-corrected chi connectivity index (χ3v) is 4.11. The maximum absolute atomic E-state index is 11.4. The third kappa shape index (κ3) is 2.73. The van der Waals surface area contributed by atoms with E-state index in [4.69, 9.17) is 0 Å². The molecule has 1 saturated carbocycles. The van der Waals surface area contributed by atoms with E-state index in [0.717, 1.165) is 12.5 Å². The third-order valence-electron chi connectivity index (χ3n) is 4.11. The van der Waals surface area contributed by atoms with Gasteiger partial charge in [-0.2, -0.15) is 0 Å². The molecular formula is C13H23NO. The van der Waals surface area contributed by atoms with Crippen molar-refractivity contribution < 1.29 is 4.79 Å². The van der Waals surface area contributed by atoms with Crippen molar-refractivity contribution in [1.29, 1.82) is 0 Å². The highest BCUT2D eigenvalue weighted by Crippen LogP contribution is 2.31. The van der Waals surface area contributed by atoms with E-state index in [0.29, 0.717) is 6.04 Å². The van der Waals surface area contributed by atoms with Crippen LogP contribution in [-0.4, -0.2) is 23.4 Å². The Hall–Kier alpha value is -0.530. The van der Waals surface area contributed by atoms with E-state index in [1.165, 1.54) is 51.4 Å². The molecule has 0 aromatic rings. The van der Waals surface area contributed by atoms with Crippen molar-refractivity contribution in [2.75, 3.05) is 6.54 Å². The van der Waals surface area contributed by atoms with Gasteiger partial charge in [0.2, 0.25) is 5.91 Å². The van der Waals surface area contributed by atoms with Gasteiger partial charge >= 0.3 is 0 Å². The smallest absolute Gasteiger partial charge is 0.219 e. The highest BCUT2D eigenvalue weighted by Gasteiger charge is 2.29. The molecule has 0 aromatic heterocycles.